The fraction of sp³-hybridized carbons (Fsp3) is 0. The molecule has 0 aliphatic heterocycles. The smallest absolute Gasteiger partial charge is 0.406 e. The highest BCUT2D eigenvalue weighted by molar-refractivity contribution is 9.10. The number of rotatable bonds is 3. The van der Waals surface area contributed by atoms with E-state index in [0.29, 0.717) is 26.1 Å². The molecule has 0 unspecified atom stereocenters. The van der Waals surface area contributed by atoms with Crippen LogP contribution in [0.3, 0.4) is 0 Å². The third-order valence-corrected chi connectivity index (χ3v) is 4.15. The third kappa shape index (κ3) is 4.28. The van der Waals surface area contributed by atoms with Crippen molar-refractivity contribution in [2.24, 2.45) is 0 Å². The first kappa shape index (κ1) is 17.7. The van der Waals surface area contributed by atoms with Gasteiger partial charge in [-0.05, 0) is 51.3 Å². The number of carbonyl (C=O) groups is 1. The molecule has 0 saturated heterocycles. The Balaban J connectivity index is 1.99. The second-order valence-corrected chi connectivity index (χ2v) is 6.58. The number of aromatic nitrogens is 2. The van der Waals surface area contributed by atoms with E-state index in [1.165, 1.54) is 11.2 Å². The van der Waals surface area contributed by atoms with Crippen LogP contribution in [0, 0.1) is 0 Å². The predicted molar refractivity (Wildman–Crippen MR) is 98.9 cm³/mol. The van der Waals surface area contributed by atoms with Crippen LogP contribution in [-0.4, -0.2) is 11.1 Å². The van der Waals surface area contributed by atoms with Crippen molar-refractivity contribution in [3.63, 3.8) is 0 Å². The second kappa shape index (κ2) is 7.82. The standard InChI is InChI=1S/C17H11BrCl2N3O2/c18-15-10-13(20)11-21-16(15)23(22-8-2-1-3-9-22)17(24)25-14-6-4-12(19)5-7-14/h1-11H/q+1. The average molecular weight is 440 g/mol. The molecule has 1 aromatic carbocycles. The lowest BCUT2D eigenvalue weighted by molar-refractivity contribution is -0.675. The molecule has 0 fully saturated rings. The van der Waals surface area contributed by atoms with Crippen LogP contribution < -0.4 is 14.4 Å². The van der Waals surface area contributed by atoms with Crippen molar-refractivity contribution in [1.29, 1.82) is 0 Å². The summed E-state index contributed by atoms with van der Waals surface area (Å²) in [6, 6.07) is 13.6. The highest BCUT2D eigenvalue weighted by Gasteiger charge is 2.30. The summed E-state index contributed by atoms with van der Waals surface area (Å²) in [6.45, 7) is 0. The Hall–Kier alpha value is -2.15. The zero-order valence-corrected chi connectivity index (χ0v) is 15.7. The molecule has 25 heavy (non-hydrogen) atoms. The molecule has 0 spiro atoms. The van der Waals surface area contributed by atoms with Crippen LogP contribution in [-0.2, 0) is 0 Å². The highest BCUT2D eigenvalue weighted by atomic mass is 79.9. The van der Waals surface area contributed by atoms with E-state index in [1.54, 1.807) is 59.5 Å². The fourth-order valence-electron chi connectivity index (χ4n) is 2.02. The van der Waals surface area contributed by atoms with E-state index in [1.807, 2.05) is 6.07 Å². The summed E-state index contributed by atoms with van der Waals surface area (Å²) in [6.07, 6.45) is 4.21. The van der Waals surface area contributed by atoms with Gasteiger partial charge in [0.2, 0.25) is 18.2 Å². The van der Waals surface area contributed by atoms with Crippen molar-refractivity contribution in [2.45, 2.75) is 0 Å². The summed E-state index contributed by atoms with van der Waals surface area (Å²) >= 11 is 15.2. The van der Waals surface area contributed by atoms with Gasteiger partial charge in [0, 0.05) is 23.4 Å². The van der Waals surface area contributed by atoms with Crippen LogP contribution in [0.25, 0.3) is 0 Å². The average Bonchev–Trinajstić information content (AvgIpc) is 2.60. The number of nitrogens with zero attached hydrogens (tertiary/aromatic N) is 3. The number of amides is 1. The molecule has 2 heterocycles. The van der Waals surface area contributed by atoms with Gasteiger partial charge in [-0.2, -0.15) is 0 Å². The second-order valence-electron chi connectivity index (χ2n) is 4.85. The zero-order chi connectivity index (χ0) is 17.8. The summed E-state index contributed by atoms with van der Waals surface area (Å²) in [4.78, 5) is 17.0. The first-order valence-electron chi connectivity index (χ1n) is 7.10. The summed E-state index contributed by atoms with van der Waals surface area (Å²) in [5, 5.41) is 2.27. The van der Waals surface area contributed by atoms with Gasteiger partial charge in [-0.15, -0.1) is 0 Å². The first-order chi connectivity index (χ1) is 12.0. The van der Waals surface area contributed by atoms with E-state index in [-0.39, 0.29) is 0 Å². The number of benzene rings is 1. The van der Waals surface area contributed by atoms with E-state index < -0.39 is 6.09 Å². The van der Waals surface area contributed by atoms with Gasteiger partial charge in [0.25, 0.3) is 0 Å². The number of halogens is 3. The van der Waals surface area contributed by atoms with Crippen LogP contribution >= 0.6 is 39.1 Å². The monoisotopic (exact) mass is 438 g/mol. The maximum Gasteiger partial charge on any atom is 0.475 e. The maximum absolute atomic E-state index is 12.8. The molecule has 0 saturated carbocycles. The Morgan fingerprint density at radius 1 is 1.08 bits per heavy atom. The molecule has 0 atom stereocenters. The molecule has 0 radical (unpaired) electrons. The molecule has 8 heteroatoms. The van der Waals surface area contributed by atoms with Gasteiger partial charge >= 0.3 is 6.09 Å². The van der Waals surface area contributed by atoms with Crippen molar-refractivity contribution in [1.82, 2.24) is 4.98 Å². The molecule has 126 valence electrons. The molecular weight excluding hydrogens is 429 g/mol. The van der Waals surface area contributed by atoms with Crippen molar-refractivity contribution >= 4 is 51.0 Å². The van der Waals surface area contributed by atoms with Gasteiger partial charge < -0.3 is 4.74 Å². The quantitative estimate of drug-likeness (QED) is 0.545. The van der Waals surface area contributed by atoms with Crippen LogP contribution in [0.15, 0.2) is 71.6 Å². The molecule has 0 N–H and O–H groups in total. The van der Waals surface area contributed by atoms with Crippen molar-refractivity contribution < 1.29 is 14.2 Å². The van der Waals surface area contributed by atoms with E-state index in [9.17, 15) is 4.79 Å². The summed E-state index contributed by atoms with van der Waals surface area (Å²) in [5.41, 5.74) is 0. The van der Waals surface area contributed by atoms with Crippen molar-refractivity contribution in [2.75, 3.05) is 5.01 Å². The van der Waals surface area contributed by atoms with Gasteiger partial charge in [0.15, 0.2) is 0 Å². The molecular formula is C17H11BrCl2N3O2+. The lowest BCUT2D eigenvalue weighted by Gasteiger charge is -2.15. The third-order valence-electron chi connectivity index (χ3n) is 3.11. The van der Waals surface area contributed by atoms with Gasteiger partial charge in [0.05, 0.1) is 9.50 Å². The Bertz CT molecular complexity index is 892. The minimum absolute atomic E-state index is 0.333. The zero-order valence-electron chi connectivity index (χ0n) is 12.6. The van der Waals surface area contributed by atoms with Crippen LogP contribution in [0.5, 0.6) is 5.75 Å². The topological polar surface area (TPSA) is 46.3 Å². The Morgan fingerprint density at radius 2 is 1.76 bits per heavy atom. The summed E-state index contributed by atoms with van der Waals surface area (Å²) < 4.78 is 7.54. The molecule has 0 aliphatic rings. The number of carbonyl (C=O) groups excluding carboxylic acids is 1. The van der Waals surface area contributed by atoms with E-state index >= 15 is 0 Å². The van der Waals surface area contributed by atoms with Gasteiger partial charge in [0.1, 0.15) is 5.75 Å². The van der Waals surface area contributed by atoms with Crippen LogP contribution in [0.1, 0.15) is 0 Å². The first-order valence-corrected chi connectivity index (χ1v) is 8.64. The summed E-state index contributed by atoms with van der Waals surface area (Å²) in [5.74, 6) is 0.695. The van der Waals surface area contributed by atoms with Crippen molar-refractivity contribution in [3.8, 4) is 5.75 Å². The molecule has 2 aromatic heterocycles. The fourth-order valence-corrected chi connectivity index (χ4v) is 2.96. The Kier molecular flexibility index (Phi) is 5.53. The minimum Gasteiger partial charge on any atom is -0.406 e. The van der Waals surface area contributed by atoms with Crippen LogP contribution in [0.4, 0.5) is 10.6 Å². The Labute approximate surface area is 162 Å². The largest absolute Gasteiger partial charge is 0.475 e. The molecule has 0 aliphatic carbocycles. The lowest BCUT2D eigenvalue weighted by atomic mass is 10.3. The highest BCUT2D eigenvalue weighted by Crippen LogP contribution is 2.26. The number of hydrogen-bond donors (Lipinski definition) is 0. The van der Waals surface area contributed by atoms with Crippen LogP contribution in [0.2, 0.25) is 10.0 Å². The summed E-state index contributed by atoms with van der Waals surface area (Å²) in [7, 11) is 0. The number of ether oxygens (including phenoxy) is 1. The Morgan fingerprint density at radius 3 is 2.40 bits per heavy atom. The van der Waals surface area contributed by atoms with Gasteiger partial charge in [-0.3, -0.25) is 0 Å². The van der Waals surface area contributed by atoms with Gasteiger partial charge in [-0.25, -0.2) is 9.78 Å². The van der Waals surface area contributed by atoms with E-state index in [0.717, 1.165) is 0 Å². The van der Waals surface area contributed by atoms with Crippen molar-refractivity contribution in [3.05, 3.63) is 81.6 Å². The molecule has 1 amide bonds. The minimum atomic E-state index is -0.644. The normalized spacial score (nSPS) is 10.4. The van der Waals surface area contributed by atoms with E-state index in [2.05, 4.69) is 20.9 Å². The van der Waals surface area contributed by atoms with E-state index in [4.69, 9.17) is 27.9 Å². The molecule has 5 nitrogen and oxygen atoms in total. The lowest BCUT2D eigenvalue weighted by Crippen LogP contribution is -2.58. The SMILES string of the molecule is O=C(Oc1ccc(Cl)cc1)N(c1ncc(Cl)cc1Br)[n+]1ccccc1. The predicted octanol–water partition coefficient (Wildman–Crippen LogP) is 4.91. The number of hydrogen-bond acceptors (Lipinski definition) is 3. The van der Waals surface area contributed by atoms with Gasteiger partial charge in [-0.1, -0.05) is 33.9 Å². The number of pyridine rings is 2. The molecule has 3 aromatic rings. The number of anilines is 1. The molecule has 0 bridgehead atoms. The molecule has 3 rings (SSSR count). The maximum atomic E-state index is 12.8.